The molecule has 0 saturated heterocycles. The van der Waals surface area contributed by atoms with E-state index >= 15 is 0 Å². The maximum atomic E-state index is 13.7. The Bertz CT molecular complexity index is 2430. The van der Waals surface area contributed by atoms with Crippen molar-refractivity contribution in [2.45, 2.75) is 32.2 Å². The molecule has 0 aliphatic heterocycles. The maximum absolute atomic E-state index is 13.7. The van der Waals surface area contributed by atoms with Crippen molar-refractivity contribution in [3.8, 4) is 23.1 Å². The van der Waals surface area contributed by atoms with Crippen LogP contribution in [0.5, 0.6) is 11.5 Å². The summed E-state index contributed by atoms with van der Waals surface area (Å²) < 4.78 is 120. The molecule has 0 aliphatic rings. The van der Waals surface area contributed by atoms with Gasteiger partial charge in [-0.2, -0.15) is 26.3 Å². The van der Waals surface area contributed by atoms with Crippen LogP contribution in [-0.2, 0) is 18.9 Å². The van der Waals surface area contributed by atoms with Crippen LogP contribution < -0.4 is 20.1 Å². The number of hydrogen-bond acceptors (Lipinski definition) is 10. The van der Waals surface area contributed by atoms with Crippen molar-refractivity contribution >= 4 is 33.7 Å². The van der Waals surface area contributed by atoms with E-state index in [0.717, 1.165) is 33.9 Å². The molecule has 7 rings (SSSR count). The van der Waals surface area contributed by atoms with Gasteiger partial charge in [-0.3, -0.25) is 9.13 Å². The third-order valence-corrected chi connectivity index (χ3v) is 8.03. The Morgan fingerprint density at radius 3 is 1.70 bits per heavy atom. The molecule has 4 aromatic heterocycles. The molecule has 2 N–H and O–H groups in total. The molecule has 0 atom stereocenters. The van der Waals surface area contributed by atoms with Crippen LogP contribution in [0.3, 0.4) is 0 Å². The molecule has 0 bridgehead atoms. The number of methoxy groups -OCH3 is 2. The van der Waals surface area contributed by atoms with E-state index < -0.39 is 35.6 Å². The molecule has 0 radical (unpaired) electrons. The Kier molecular flexibility index (Phi) is 11.2. The van der Waals surface area contributed by atoms with Crippen molar-refractivity contribution in [1.82, 2.24) is 39.0 Å². The number of alkyl halides is 6. The van der Waals surface area contributed by atoms with Gasteiger partial charge in [-0.15, -0.1) is 0 Å². The molecule has 0 fully saturated rings. The fourth-order valence-corrected chi connectivity index (χ4v) is 5.40. The standard InChI is InChI=1S/C20H14F5N5O.C16H16F3N5O/c1-31-11-5-6-15-16(7-11)30(19(29-15)20(23,24)25)18-10-27-17(9-28-18)26-8-12-13(21)3-2-4-14(12)22;1-3-6-20-13-8-22-14(9-21-13)24-12-5-4-10(25-2)7-11(12)23-15(24)16(17,18)19/h2-7,9-10H,8H2,1H3,(H,26,27);4-5,7-9H,3,6H2,1-2H3,(H,20,21). The molecule has 0 saturated carbocycles. The first-order chi connectivity index (χ1) is 26.7. The molecule has 292 valence electrons. The SMILES string of the molecule is CCCNc1cnc(-n2c(C(F)(F)F)nc3cc(OC)ccc32)cn1.COc1ccc2nc(C(F)(F)F)n(-c3cnc(NCc4c(F)cccc4F)cn3)c2c1. The monoisotopic (exact) mass is 786 g/mol. The number of fused-ring (bicyclic) bond motifs is 2. The first kappa shape index (κ1) is 39.1. The van der Waals surface area contributed by atoms with Crippen LogP contribution in [0.2, 0.25) is 0 Å². The highest BCUT2D eigenvalue weighted by atomic mass is 19.4. The summed E-state index contributed by atoms with van der Waals surface area (Å²) in [5.41, 5.74) is 0.487. The number of aromatic nitrogens is 8. The largest absolute Gasteiger partial charge is 0.497 e. The zero-order valence-corrected chi connectivity index (χ0v) is 29.5. The Morgan fingerprint density at radius 2 is 1.16 bits per heavy atom. The van der Waals surface area contributed by atoms with Crippen molar-refractivity contribution in [3.63, 3.8) is 0 Å². The van der Waals surface area contributed by atoms with Gasteiger partial charge in [0, 0.05) is 30.8 Å². The Morgan fingerprint density at radius 1 is 0.625 bits per heavy atom. The molecule has 4 heterocycles. The normalized spacial score (nSPS) is 11.7. The number of rotatable bonds is 10. The average molecular weight is 787 g/mol. The van der Waals surface area contributed by atoms with E-state index in [-0.39, 0.29) is 51.6 Å². The fraction of sp³-hybridized carbons (Fsp3) is 0.222. The molecule has 0 spiro atoms. The highest BCUT2D eigenvalue weighted by molar-refractivity contribution is 5.80. The van der Waals surface area contributed by atoms with Gasteiger partial charge in [0.25, 0.3) is 0 Å². The number of benzene rings is 3. The first-order valence-corrected chi connectivity index (χ1v) is 16.5. The van der Waals surface area contributed by atoms with Gasteiger partial charge in [0.15, 0.2) is 11.6 Å². The molecule has 0 aliphatic carbocycles. The van der Waals surface area contributed by atoms with E-state index in [4.69, 9.17) is 9.47 Å². The molecule has 7 aromatic rings. The number of ether oxygens (including phenoxy) is 2. The van der Waals surface area contributed by atoms with Gasteiger partial charge >= 0.3 is 12.4 Å². The minimum Gasteiger partial charge on any atom is -0.497 e. The molecule has 0 amide bonds. The van der Waals surface area contributed by atoms with Crippen molar-refractivity contribution < 1.29 is 44.6 Å². The van der Waals surface area contributed by atoms with Crippen LogP contribution in [0.1, 0.15) is 30.6 Å². The van der Waals surface area contributed by atoms with Crippen molar-refractivity contribution in [1.29, 1.82) is 0 Å². The van der Waals surface area contributed by atoms with E-state index in [0.29, 0.717) is 23.9 Å². The first-order valence-electron chi connectivity index (χ1n) is 16.5. The second kappa shape index (κ2) is 16.0. The summed E-state index contributed by atoms with van der Waals surface area (Å²) >= 11 is 0. The van der Waals surface area contributed by atoms with E-state index in [1.165, 1.54) is 69.2 Å². The van der Waals surface area contributed by atoms with Crippen LogP contribution in [-0.4, -0.2) is 59.8 Å². The molecule has 0 unspecified atom stereocenters. The van der Waals surface area contributed by atoms with Gasteiger partial charge in [0.05, 0.1) is 61.1 Å². The minimum atomic E-state index is -4.74. The van der Waals surface area contributed by atoms with Gasteiger partial charge < -0.3 is 20.1 Å². The number of nitrogens with one attached hydrogen (secondary N) is 2. The quantitative estimate of drug-likeness (QED) is 0.131. The summed E-state index contributed by atoms with van der Waals surface area (Å²) in [5, 5.41) is 5.72. The lowest BCUT2D eigenvalue weighted by molar-refractivity contribution is -0.146. The lowest BCUT2D eigenvalue weighted by atomic mass is 10.2. The summed E-state index contributed by atoms with van der Waals surface area (Å²) in [5.74, 6) is -2.37. The molecule has 20 heteroatoms. The summed E-state index contributed by atoms with van der Waals surface area (Å²) in [7, 11) is 2.83. The average Bonchev–Trinajstić information content (AvgIpc) is 3.77. The van der Waals surface area contributed by atoms with Crippen molar-refractivity contribution in [2.75, 3.05) is 31.4 Å². The topological polar surface area (TPSA) is 130 Å². The number of hydrogen-bond donors (Lipinski definition) is 2. The van der Waals surface area contributed by atoms with Crippen LogP contribution in [0.15, 0.2) is 79.4 Å². The van der Waals surface area contributed by atoms with Crippen molar-refractivity contribution in [2.24, 2.45) is 0 Å². The third-order valence-electron chi connectivity index (χ3n) is 8.03. The summed E-state index contributed by atoms with van der Waals surface area (Å²) in [6.45, 7) is 2.48. The highest BCUT2D eigenvalue weighted by Gasteiger charge is 2.39. The van der Waals surface area contributed by atoms with Gasteiger partial charge in [0.1, 0.15) is 34.8 Å². The maximum Gasteiger partial charge on any atom is 0.450 e. The van der Waals surface area contributed by atoms with Crippen molar-refractivity contribution in [3.05, 3.63) is 108 Å². The number of halogens is 8. The van der Waals surface area contributed by atoms with Crippen LogP contribution in [0.4, 0.5) is 46.8 Å². The molecule has 12 nitrogen and oxygen atoms in total. The lowest BCUT2D eigenvalue weighted by Crippen LogP contribution is -2.15. The Balaban J connectivity index is 0.000000194. The second-order valence-electron chi connectivity index (χ2n) is 11.7. The van der Waals surface area contributed by atoms with Crippen LogP contribution >= 0.6 is 0 Å². The summed E-state index contributed by atoms with van der Waals surface area (Å²) in [6, 6.07) is 12.3. The van der Waals surface area contributed by atoms with E-state index in [1.807, 2.05) is 6.92 Å². The number of nitrogens with zero attached hydrogens (tertiary/aromatic N) is 8. The minimum absolute atomic E-state index is 0.0436. The van der Waals surface area contributed by atoms with Gasteiger partial charge in [-0.05, 0) is 42.8 Å². The van der Waals surface area contributed by atoms with Gasteiger partial charge in [-0.1, -0.05) is 13.0 Å². The number of anilines is 2. The molecular formula is C36H30F8N10O2. The molecule has 3 aromatic carbocycles. The smallest absolute Gasteiger partial charge is 0.450 e. The van der Waals surface area contributed by atoms with E-state index in [1.54, 1.807) is 6.07 Å². The van der Waals surface area contributed by atoms with Gasteiger partial charge in [0.2, 0.25) is 11.6 Å². The lowest BCUT2D eigenvalue weighted by Gasteiger charge is -2.12. The highest BCUT2D eigenvalue weighted by Crippen LogP contribution is 2.36. The van der Waals surface area contributed by atoms with E-state index in [9.17, 15) is 35.1 Å². The zero-order valence-electron chi connectivity index (χ0n) is 29.5. The fourth-order valence-electron chi connectivity index (χ4n) is 5.40. The zero-order chi connectivity index (χ0) is 40.2. The third kappa shape index (κ3) is 8.37. The Hall–Kier alpha value is -6.60. The Labute approximate surface area is 312 Å². The summed E-state index contributed by atoms with van der Waals surface area (Å²) in [4.78, 5) is 23.7. The number of imidazole rings is 2. The second-order valence-corrected chi connectivity index (χ2v) is 11.7. The summed E-state index contributed by atoms with van der Waals surface area (Å²) in [6.07, 6.45) is -3.51. The van der Waals surface area contributed by atoms with Crippen LogP contribution in [0, 0.1) is 11.6 Å². The van der Waals surface area contributed by atoms with Gasteiger partial charge in [-0.25, -0.2) is 38.7 Å². The van der Waals surface area contributed by atoms with Crippen LogP contribution in [0.25, 0.3) is 33.7 Å². The molecule has 56 heavy (non-hydrogen) atoms. The predicted octanol–water partition coefficient (Wildman–Crippen LogP) is 8.40. The molecular weight excluding hydrogens is 756 g/mol. The van der Waals surface area contributed by atoms with E-state index in [2.05, 4.69) is 40.5 Å². The predicted molar refractivity (Wildman–Crippen MR) is 189 cm³/mol.